The van der Waals surface area contributed by atoms with Crippen molar-refractivity contribution in [3.8, 4) is 0 Å². The summed E-state index contributed by atoms with van der Waals surface area (Å²) in [5, 5.41) is 0. The van der Waals surface area contributed by atoms with Gasteiger partial charge in [-0.25, -0.2) is 4.98 Å². The zero-order chi connectivity index (χ0) is 12.4. The molecule has 0 aromatic carbocycles. The maximum absolute atomic E-state index is 5.64. The van der Waals surface area contributed by atoms with Crippen LogP contribution in [0.4, 0.5) is 5.82 Å². The van der Waals surface area contributed by atoms with Gasteiger partial charge < -0.3 is 15.5 Å². The number of aromatic nitrogens is 1. The fraction of sp³-hybridized carbons (Fsp3) is 0.500. The lowest BCUT2D eigenvalue weighted by Gasteiger charge is -2.38. The molecule has 17 heavy (non-hydrogen) atoms. The van der Waals surface area contributed by atoms with Crippen LogP contribution in [0.5, 0.6) is 0 Å². The molecule has 1 saturated heterocycles. The van der Waals surface area contributed by atoms with E-state index in [-0.39, 0.29) is 0 Å². The largest absolute Gasteiger partial charge is 0.389 e. The second-order valence-electron chi connectivity index (χ2n) is 4.54. The van der Waals surface area contributed by atoms with Crippen molar-refractivity contribution in [3.05, 3.63) is 23.9 Å². The number of piperazine rings is 1. The predicted octanol–water partition coefficient (Wildman–Crippen LogP) is 0.856. The summed E-state index contributed by atoms with van der Waals surface area (Å²) in [6.07, 6.45) is 1.77. The van der Waals surface area contributed by atoms with Gasteiger partial charge in [0.1, 0.15) is 10.8 Å². The Morgan fingerprint density at radius 2 is 2.29 bits per heavy atom. The monoisotopic (exact) mass is 250 g/mol. The first-order valence-electron chi connectivity index (χ1n) is 5.79. The maximum atomic E-state index is 5.64. The molecule has 0 spiro atoms. The molecule has 2 rings (SSSR count). The van der Waals surface area contributed by atoms with E-state index in [0.29, 0.717) is 11.0 Å². The van der Waals surface area contributed by atoms with E-state index >= 15 is 0 Å². The third-order valence-corrected chi connectivity index (χ3v) is 3.55. The van der Waals surface area contributed by atoms with Crippen LogP contribution in [-0.4, -0.2) is 47.6 Å². The maximum Gasteiger partial charge on any atom is 0.129 e. The van der Waals surface area contributed by atoms with Gasteiger partial charge in [0.25, 0.3) is 0 Å². The SMILES string of the molecule is CC1CN(c2cc(C(N)=S)ccn2)CCN1C. The normalized spacial score (nSPS) is 21.5. The Morgan fingerprint density at radius 3 is 2.94 bits per heavy atom. The highest BCUT2D eigenvalue weighted by atomic mass is 32.1. The zero-order valence-corrected chi connectivity index (χ0v) is 11.1. The van der Waals surface area contributed by atoms with Crippen LogP contribution in [0.25, 0.3) is 0 Å². The fourth-order valence-corrected chi connectivity index (χ4v) is 2.13. The number of likely N-dealkylation sites (N-methyl/N-ethyl adjacent to an activating group) is 1. The van der Waals surface area contributed by atoms with E-state index in [0.717, 1.165) is 31.0 Å². The quantitative estimate of drug-likeness (QED) is 0.789. The van der Waals surface area contributed by atoms with Crippen LogP contribution in [-0.2, 0) is 0 Å². The highest BCUT2D eigenvalue weighted by Crippen LogP contribution is 2.17. The lowest BCUT2D eigenvalue weighted by molar-refractivity contribution is 0.233. The van der Waals surface area contributed by atoms with E-state index in [1.54, 1.807) is 6.20 Å². The summed E-state index contributed by atoms with van der Waals surface area (Å²) in [4.78, 5) is 9.46. The number of thiocarbonyl (C=S) groups is 1. The molecule has 2 heterocycles. The summed E-state index contributed by atoms with van der Waals surface area (Å²) in [6.45, 7) is 5.27. The van der Waals surface area contributed by atoms with Crippen molar-refractivity contribution in [1.29, 1.82) is 0 Å². The Balaban J connectivity index is 2.17. The van der Waals surface area contributed by atoms with Gasteiger partial charge in [0.2, 0.25) is 0 Å². The molecule has 1 aromatic rings. The number of nitrogens with two attached hydrogens (primary N) is 1. The van der Waals surface area contributed by atoms with E-state index in [2.05, 4.69) is 28.8 Å². The average molecular weight is 250 g/mol. The highest BCUT2D eigenvalue weighted by Gasteiger charge is 2.21. The molecular weight excluding hydrogens is 232 g/mol. The zero-order valence-electron chi connectivity index (χ0n) is 10.3. The second-order valence-corrected chi connectivity index (χ2v) is 4.98. The predicted molar refractivity (Wildman–Crippen MR) is 74.4 cm³/mol. The van der Waals surface area contributed by atoms with Gasteiger partial charge in [-0.05, 0) is 26.1 Å². The third-order valence-electron chi connectivity index (χ3n) is 3.31. The summed E-state index contributed by atoms with van der Waals surface area (Å²) in [6, 6.07) is 4.37. The number of nitrogens with zero attached hydrogens (tertiary/aromatic N) is 3. The van der Waals surface area contributed by atoms with Crippen molar-refractivity contribution in [3.63, 3.8) is 0 Å². The third kappa shape index (κ3) is 2.73. The molecule has 0 saturated carbocycles. The van der Waals surface area contributed by atoms with E-state index in [4.69, 9.17) is 18.0 Å². The van der Waals surface area contributed by atoms with E-state index < -0.39 is 0 Å². The lowest BCUT2D eigenvalue weighted by Crippen LogP contribution is -2.50. The Hall–Kier alpha value is -1.20. The van der Waals surface area contributed by atoms with Gasteiger partial charge in [-0.1, -0.05) is 12.2 Å². The minimum absolute atomic E-state index is 0.427. The number of rotatable bonds is 2. The lowest BCUT2D eigenvalue weighted by atomic mass is 10.2. The van der Waals surface area contributed by atoms with Crippen molar-refractivity contribution in [2.45, 2.75) is 13.0 Å². The molecule has 4 nitrogen and oxygen atoms in total. The first-order chi connectivity index (χ1) is 8.08. The molecule has 0 bridgehead atoms. The Morgan fingerprint density at radius 1 is 1.53 bits per heavy atom. The van der Waals surface area contributed by atoms with Crippen molar-refractivity contribution in [2.24, 2.45) is 5.73 Å². The Labute approximate surface area is 107 Å². The van der Waals surface area contributed by atoms with Gasteiger partial charge in [0.15, 0.2) is 0 Å². The van der Waals surface area contributed by atoms with Crippen molar-refractivity contribution < 1.29 is 0 Å². The van der Waals surface area contributed by atoms with Crippen LogP contribution in [0, 0.1) is 0 Å². The van der Waals surface area contributed by atoms with Crippen LogP contribution >= 0.6 is 12.2 Å². The van der Waals surface area contributed by atoms with Crippen LogP contribution in [0.2, 0.25) is 0 Å². The standard InChI is InChI=1S/C12H18N4S/c1-9-8-16(6-5-15(9)2)11-7-10(12(13)17)3-4-14-11/h3-4,7,9H,5-6,8H2,1-2H3,(H2,13,17). The van der Waals surface area contributed by atoms with E-state index in [1.165, 1.54) is 0 Å². The van der Waals surface area contributed by atoms with Crippen molar-refractivity contribution in [1.82, 2.24) is 9.88 Å². The van der Waals surface area contributed by atoms with Gasteiger partial charge >= 0.3 is 0 Å². The van der Waals surface area contributed by atoms with Gasteiger partial charge in [-0.2, -0.15) is 0 Å². The summed E-state index contributed by atoms with van der Waals surface area (Å²) in [5.41, 5.74) is 6.52. The number of hydrogen-bond donors (Lipinski definition) is 1. The molecule has 0 aliphatic carbocycles. The molecule has 92 valence electrons. The summed E-state index contributed by atoms with van der Waals surface area (Å²) < 4.78 is 0. The van der Waals surface area contributed by atoms with Gasteiger partial charge in [0, 0.05) is 37.4 Å². The van der Waals surface area contributed by atoms with Crippen molar-refractivity contribution >= 4 is 23.0 Å². The number of pyridine rings is 1. The molecule has 1 aliphatic heterocycles. The van der Waals surface area contributed by atoms with Crippen LogP contribution in [0.3, 0.4) is 0 Å². The highest BCUT2D eigenvalue weighted by molar-refractivity contribution is 7.80. The minimum atomic E-state index is 0.427. The second kappa shape index (κ2) is 4.98. The molecule has 1 aromatic heterocycles. The molecule has 5 heteroatoms. The average Bonchev–Trinajstić information content (AvgIpc) is 2.33. The van der Waals surface area contributed by atoms with Gasteiger partial charge in [0.05, 0.1) is 0 Å². The minimum Gasteiger partial charge on any atom is -0.389 e. The van der Waals surface area contributed by atoms with E-state index in [1.807, 2.05) is 12.1 Å². The van der Waals surface area contributed by atoms with Crippen molar-refractivity contribution in [2.75, 3.05) is 31.6 Å². The van der Waals surface area contributed by atoms with Gasteiger partial charge in [-0.15, -0.1) is 0 Å². The topological polar surface area (TPSA) is 45.4 Å². The molecule has 2 N–H and O–H groups in total. The molecule has 0 amide bonds. The fourth-order valence-electron chi connectivity index (χ4n) is 2.00. The van der Waals surface area contributed by atoms with Crippen LogP contribution in [0.15, 0.2) is 18.3 Å². The summed E-state index contributed by atoms with van der Waals surface area (Å²) in [7, 11) is 2.15. The van der Waals surface area contributed by atoms with Gasteiger partial charge in [-0.3, -0.25) is 0 Å². The smallest absolute Gasteiger partial charge is 0.129 e. The first-order valence-corrected chi connectivity index (χ1v) is 6.20. The molecule has 0 radical (unpaired) electrons. The number of hydrogen-bond acceptors (Lipinski definition) is 4. The molecule has 1 unspecified atom stereocenters. The molecule has 1 fully saturated rings. The summed E-state index contributed by atoms with van der Waals surface area (Å²) >= 11 is 4.99. The summed E-state index contributed by atoms with van der Waals surface area (Å²) in [5.74, 6) is 0.968. The van der Waals surface area contributed by atoms with Crippen LogP contribution in [0.1, 0.15) is 12.5 Å². The first kappa shape index (κ1) is 12.3. The van der Waals surface area contributed by atoms with Crippen LogP contribution < -0.4 is 10.6 Å². The number of anilines is 1. The molecule has 1 atom stereocenters. The van der Waals surface area contributed by atoms with E-state index in [9.17, 15) is 0 Å². The Kier molecular flexibility index (Phi) is 3.59. The molecular formula is C12H18N4S. The molecule has 1 aliphatic rings. The Bertz CT molecular complexity index is 421.